The summed E-state index contributed by atoms with van der Waals surface area (Å²) in [5.74, 6) is -0.666. The van der Waals surface area contributed by atoms with Crippen molar-refractivity contribution in [2.24, 2.45) is 0 Å². The highest BCUT2D eigenvalue weighted by Crippen LogP contribution is 2.23. The van der Waals surface area contributed by atoms with Crippen LogP contribution in [0, 0.1) is 12.7 Å². The van der Waals surface area contributed by atoms with E-state index < -0.39 is 15.8 Å². The van der Waals surface area contributed by atoms with E-state index >= 15 is 0 Å². The van der Waals surface area contributed by atoms with E-state index in [9.17, 15) is 12.8 Å². The number of anilines is 1. The fraction of sp³-hybridized carbons (Fsp3) is 0.100. The van der Waals surface area contributed by atoms with Crippen LogP contribution in [0.1, 0.15) is 4.88 Å². The standard InChI is InChI=1S/C10H8ClFN2O2S2/c1-6-5-13-10(17-6)14-18(15,16)7-2-3-9(12)8(11)4-7/h2-5H,1H3,(H,13,14). The summed E-state index contributed by atoms with van der Waals surface area (Å²) >= 11 is 6.75. The molecule has 2 rings (SSSR count). The number of rotatable bonds is 3. The summed E-state index contributed by atoms with van der Waals surface area (Å²) in [5.41, 5.74) is 0. The van der Waals surface area contributed by atoms with E-state index in [0.29, 0.717) is 0 Å². The molecular formula is C10H8ClFN2O2S2. The Morgan fingerprint density at radius 1 is 1.44 bits per heavy atom. The van der Waals surface area contributed by atoms with Crippen molar-refractivity contribution in [3.8, 4) is 0 Å². The molecule has 0 bridgehead atoms. The van der Waals surface area contributed by atoms with Gasteiger partial charge in [0.05, 0.1) is 9.92 Å². The van der Waals surface area contributed by atoms with Gasteiger partial charge in [-0.2, -0.15) is 0 Å². The van der Waals surface area contributed by atoms with Gasteiger partial charge in [0, 0.05) is 11.1 Å². The lowest BCUT2D eigenvalue weighted by molar-refractivity contribution is 0.599. The van der Waals surface area contributed by atoms with Crippen molar-refractivity contribution in [1.29, 1.82) is 0 Å². The molecule has 1 aromatic heterocycles. The van der Waals surface area contributed by atoms with Crippen LogP contribution in [0.5, 0.6) is 0 Å². The number of nitrogens with one attached hydrogen (secondary N) is 1. The summed E-state index contributed by atoms with van der Waals surface area (Å²) < 4.78 is 39.2. The van der Waals surface area contributed by atoms with Crippen LogP contribution in [0.15, 0.2) is 29.3 Å². The lowest BCUT2D eigenvalue weighted by Gasteiger charge is -2.05. The summed E-state index contributed by atoms with van der Waals surface area (Å²) in [4.78, 5) is 4.66. The predicted octanol–water partition coefficient (Wildman–Crippen LogP) is 3.04. The maximum atomic E-state index is 13.0. The predicted molar refractivity (Wildman–Crippen MR) is 69.1 cm³/mol. The second-order valence-electron chi connectivity index (χ2n) is 3.46. The third kappa shape index (κ3) is 2.80. The first kappa shape index (κ1) is 13.3. The van der Waals surface area contributed by atoms with E-state index in [0.717, 1.165) is 23.1 Å². The number of nitrogens with zero attached hydrogens (tertiary/aromatic N) is 1. The Balaban J connectivity index is 2.33. The number of thiazole rings is 1. The Labute approximate surface area is 112 Å². The van der Waals surface area contributed by atoms with Crippen LogP contribution in [0.3, 0.4) is 0 Å². The van der Waals surface area contributed by atoms with Crippen LogP contribution in [-0.4, -0.2) is 13.4 Å². The Bertz CT molecular complexity index is 685. The molecule has 2 aromatic rings. The van der Waals surface area contributed by atoms with Gasteiger partial charge in [-0.1, -0.05) is 11.6 Å². The monoisotopic (exact) mass is 306 g/mol. The summed E-state index contributed by atoms with van der Waals surface area (Å²) in [6, 6.07) is 3.20. The molecule has 1 heterocycles. The Kier molecular flexibility index (Phi) is 3.56. The lowest BCUT2D eigenvalue weighted by atomic mass is 10.3. The first-order chi connectivity index (χ1) is 8.38. The number of halogens is 2. The smallest absolute Gasteiger partial charge is 0.255 e. The number of hydrogen-bond acceptors (Lipinski definition) is 4. The average molecular weight is 307 g/mol. The molecule has 1 aromatic carbocycles. The number of aryl methyl sites for hydroxylation is 1. The highest BCUT2D eigenvalue weighted by atomic mass is 35.5. The quantitative estimate of drug-likeness (QED) is 0.948. The van der Waals surface area contributed by atoms with Gasteiger partial charge in [0.15, 0.2) is 5.13 Å². The fourth-order valence-corrected chi connectivity index (χ4v) is 3.40. The zero-order chi connectivity index (χ0) is 13.3. The average Bonchev–Trinajstić information content (AvgIpc) is 2.67. The van der Waals surface area contributed by atoms with Crippen LogP contribution in [0.4, 0.5) is 9.52 Å². The van der Waals surface area contributed by atoms with Gasteiger partial charge in [-0.05, 0) is 25.1 Å². The highest BCUT2D eigenvalue weighted by molar-refractivity contribution is 7.93. The molecule has 0 saturated carbocycles. The first-order valence-corrected chi connectivity index (χ1v) is 7.46. The van der Waals surface area contributed by atoms with Crippen LogP contribution < -0.4 is 4.72 Å². The van der Waals surface area contributed by atoms with E-state index in [-0.39, 0.29) is 15.0 Å². The normalized spacial score (nSPS) is 11.5. The molecule has 1 N–H and O–H groups in total. The molecule has 96 valence electrons. The van der Waals surface area contributed by atoms with Gasteiger partial charge >= 0.3 is 0 Å². The number of benzene rings is 1. The third-order valence-electron chi connectivity index (χ3n) is 2.04. The van der Waals surface area contributed by atoms with E-state index in [4.69, 9.17) is 11.6 Å². The molecule has 8 heteroatoms. The molecule has 0 radical (unpaired) electrons. The van der Waals surface area contributed by atoms with Crippen LogP contribution >= 0.6 is 22.9 Å². The van der Waals surface area contributed by atoms with E-state index in [2.05, 4.69) is 9.71 Å². The minimum atomic E-state index is -3.79. The topological polar surface area (TPSA) is 59.1 Å². The summed E-state index contributed by atoms with van der Waals surface area (Å²) in [7, 11) is -3.79. The molecule has 0 aliphatic carbocycles. The zero-order valence-electron chi connectivity index (χ0n) is 9.15. The van der Waals surface area contributed by atoms with Gasteiger partial charge in [-0.25, -0.2) is 17.8 Å². The van der Waals surface area contributed by atoms with Gasteiger partial charge in [-0.15, -0.1) is 11.3 Å². The van der Waals surface area contributed by atoms with Crippen LogP contribution in [0.25, 0.3) is 0 Å². The van der Waals surface area contributed by atoms with Crippen LogP contribution in [-0.2, 0) is 10.0 Å². The van der Waals surface area contributed by atoms with Crippen LogP contribution in [0.2, 0.25) is 5.02 Å². The fourth-order valence-electron chi connectivity index (χ4n) is 1.22. The van der Waals surface area contributed by atoms with Crippen molar-refractivity contribution in [2.45, 2.75) is 11.8 Å². The molecule has 18 heavy (non-hydrogen) atoms. The first-order valence-electron chi connectivity index (χ1n) is 4.79. The second kappa shape index (κ2) is 4.83. The Hall–Kier alpha value is -1.18. The minimum Gasteiger partial charge on any atom is -0.255 e. The van der Waals surface area contributed by atoms with Gasteiger partial charge in [0.25, 0.3) is 10.0 Å². The van der Waals surface area contributed by atoms with Crippen molar-refractivity contribution >= 4 is 38.1 Å². The van der Waals surface area contributed by atoms with Gasteiger partial charge in [0.1, 0.15) is 5.82 Å². The highest BCUT2D eigenvalue weighted by Gasteiger charge is 2.17. The molecule has 0 saturated heterocycles. The molecular weight excluding hydrogens is 299 g/mol. The van der Waals surface area contributed by atoms with E-state index in [1.54, 1.807) is 6.20 Å². The number of aromatic nitrogens is 1. The molecule has 0 aliphatic heterocycles. The molecule has 0 fully saturated rings. The largest absolute Gasteiger partial charge is 0.263 e. The van der Waals surface area contributed by atoms with E-state index in [1.165, 1.54) is 11.3 Å². The summed E-state index contributed by atoms with van der Waals surface area (Å²) in [6.45, 7) is 1.81. The molecule has 4 nitrogen and oxygen atoms in total. The van der Waals surface area contributed by atoms with Crippen molar-refractivity contribution in [2.75, 3.05) is 4.72 Å². The minimum absolute atomic E-state index is 0.109. The SMILES string of the molecule is Cc1cnc(NS(=O)(=O)c2ccc(F)c(Cl)c2)s1. The molecule has 0 atom stereocenters. The maximum Gasteiger partial charge on any atom is 0.263 e. The van der Waals surface area contributed by atoms with Gasteiger partial charge in [0.2, 0.25) is 0 Å². The number of hydrogen-bond donors (Lipinski definition) is 1. The molecule has 0 aliphatic rings. The second-order valence-corrected chi connectivity index (χ2v) is 6.78. The summed E-state index contributed by atoms with van der Waals surface area (Å²) in [6.07, 6.45) is 1.56. The van der Waals surface area contributed by atoms with Crippen molar-refractivity contribution in [1.82, 2.24) is 4.98 Å². The molecule has 0 amide bonds. The van der Waals surface area contributed by atoms with Gasteiger partial charge < -0.3 is 0 Å². The van der Waals surface area contributed by atoms with Crippen molar-refractivity contribution < 1.29 is 12.8 Å². The maximum absolute atomic E-state index is 13.0. The zero-order valence-corrected chi connectivity index (χ0v) is 11.5. The third-order valence-corrected chi connectivity index (χ3v) is 4.63. The molecule has 0 unspecified atom stereocenters. The van der Waals surface area contributed by atoms with Crippen molar-refractivity contribution in [3.63, 3.8) is 0 Å². The number of sulfonamides is 1. The van der Waals surface area contributed by atoms with Gasteiger partial charge in [-0.3, -0.25) is 4.72 Å². The van der Waals surface area contributed by atoms with Crippen molar-refractivity contribution in [3.05, 3.63) is 40.1 Å². The Morgan fingerprint density at radius 2 is 2.17 bits per heavy atom. The summed E-state index contributed by atoms with van der Waals surface area (Å²) in [5, 5.41) is 0.0149. The Morgan fingerprint density at radius 3 is 2.72 bits per heavy atom. The van der Waals surface area contributed by atoms with E-state index in [1.807, 2.05) is 6.92 Å². The lowest BCUT2D eigenvalue weighted by Crippen LogP contribution is -2.12. The molecule has 0 spiro atoms.